The van der Waals surface area contributed by atoms with Crippen LogP contribution in [0.1, 0.15) is 17.5 Å². The fraction of sp³-hybridized carbons (Fsp3) is 0.385. The van der Waals surface area contributed by atoms with Gasteiger partial charge in [-0.3, -0.25) is 9.69 Å². The van der Waals surface area contributed by atoms with Gasteiger partial charge in [0.25, 0.3) is 0 Å². The molecule has 0 radical (unpaired) electrons. The van der Waals surface area contributed by atoms with E-state index in [4.69, 9.17) is 5.26 Å². The third-order valence-corrected chi connectivity index (χ3v) is 3.14. The van der Waals surface area contributed by atoms with Gasteiger partial charge >= 0.3 is 5.97 Å². The van der Waals surface area contributed by atoms with E-state index in [-0.39, 0.29) is 0 Å². The molecular formula is C13H14N2O2. The summed E-state index contributed by atoms with van der Waals surface area (Å²) in [5.41, 5.74) is 2.27. The van der Waals surface area contributed by atoms with Gasteiger partial charge < -0.3 is 5.11 Å². The largest absolute Gasteiger partial charge is 0.480 e. The lowest BCUT2D eigenvalue weighted by molar-refractivity contribution is -0.143. The molecule has 0 aromatic heterocycles. The molecule has 0 amide bonds. The minimum atomic E-state index is -0.808. The van der Waals surface area contributed by atoms with Crippen molar-refractivity contribution in [3.05, 3.63) is 35.4 Å². The van der Waals surface area contributed by atoms with Crippen LogP contribution in [0, 0.1) is 11.3 Å². The highest BCUT2D eigenvalue weighted by Gasteiger charge is 2.30. The molecule has 88 valence electrons. The monoisotopic (exact) mass is 230 g/mol. The Bertz CT molecular complexity index is 465. The molecule has 1 atom stereocenters. The number of nitriles is 1. The maximum atomic E-state index is 11.2. The number of carboxylic acid groups (broad SMARTS) is 1. The standard InChI is InChI=1S/C13H14N2O2/c14-6-3-7-15-9-11-5-2-1-4-10(11)8-12(15)13(16)17/h1-2,4-5,12H,3,7-9H2,(H,16,17)/t12-/m0/s1. The second-order valence-electron chi connectivity index (χ2n) is 4.21. The Hall–Kier alpha value is -1.86. The summed E-state index contributed by atoms with van der Waals surface area (Å²) in [6, 6.07) is 9.46. The molecule has 1 aromatic carbocycles. The molecule has 0 aliphatic carbocycles. The van der Waals surface area contributed by atoms with Crippen LogP contribution in [-0.4, -0.2) is 28.6 Å². The number of benzene rings is 1. The first-order valence-corrected chi connectivity index (χ1v) is 5.63. The van der Waals surface area contributed by atoms with Gasteiger partial charge in [0.1, 0.15) is 6.04 Å². The zero-order chi connectivity index (χ0) is 12.3. The third-order valence-electron chi connectivity index (χ3n) is 3.14. The van der Waals surface area contributed by atoms with Crippen LogP contribution in [0.25, 0.3) is 0 Å². The average Bonchev–Trinajstić information content (AvgIpc) is 2.35. The smallest absolute Gasteiger partial charge is 0.321 e. The molecule has 1 heterocycles. The van der Waals surface area contributed by atoms with Gasteiger partial charge in [-0.2, -0.15) is 5.26 Å². The fourth-order valence-corrected chi connectivity index (χ4v) is 2.25. The van der Waals surface area contributed by atoms with Gasteiger partial charge in [0, 0.05) is 19.5 Å². The van der Waals surface area contributed by atoms with E-state index in [0.29, 0.717) is 25.9 Å². The Labute approximate surface area is 100 Å². The predicted molar refractivity (Wildman–Crippen MR) is 62.2 cm³/mol. The molecule has 1 aliphatic heterocycles. The molecule has 0 saturated carbocycles. The topological polar surface area (TPSA) is 64.3 Å². The molecule has 0 unspecified atom stereocenters. The van der Waals surface area contributed by atoms with Crippen molar-refractivity contribution in [2.75, 3.05) is 6.54 Å². The van der Waals surface area contributed by atoms with E-state index in [1.54, 1.807) is 0 Å². The van der Waals surface area contributed by atoms with Crippen molar-refractivity contribution in [3.8, 4) is 6.07 Å². The second-order valence-corrected chi connectivity index (χ2v) is 4.21. The van der Waals surface area contributed by atoms with Gasteiger partial charge in [-0.05, 0) is 17.5 Å². The van der Waals surface area contributed by atoms with E-state index in [1.165, 1.54) is 5.56 Å². The van der Waals surface area contributed by atoms with Crippen molar-refractivity contribution in [1.29, 1.82) is 5.26 Å². The lowest BCUT2D eigenvalue weighted by atomic mass is 9.94. The molecular weight excluding hydrogens is 216 g/mol. The van der Waals surface area contributed by atoms with Crippen LogP contribution in [0.4, 0.5) is 0 Å². The maximum Gasteiger partial charge on any atom is 0.321 e. The van der Waals surface area contributed by atoms with Gasteiger partial charge in [0.05, 0.1) is 6.07 Å². The van der Waals surface area contributed by atoms with Crippen molar-refractivity contribution < 1.29 is 9.90 Å². The minimum absolute atomic E-state index is 0.367. The van der Waals surface area contributed by atoms with Crippen molar-refractivity contribution in [1.82, 2.24) is 4.90 Å². The molecule has 1 aliphatic rings. The highest BCUT2D eigenvalue weighted by atomic mass is 16.4. The van der Waals surface area contributed by atoms with Crippen LogP contribution in [0.2, 0.25) is 0 Å². The summed E-state index contributed by atoms with van der Waals surface area (Å²) < 4.78 is 0. The number of carbonyl (C=O) groups is 1. The minimum Gasteiger partial charge on any atom is -0.480 e. The van der Waals surface area contributed by atoms with Gasteiger partial charge in [-0.15, -0.1) is 0 Å². The number of carboxylic acids is 1. The Morgan fingerprint density at radius 3 is 2.82 bits per heavy atom. The highest BCUT2D eigenvalue weighted by Crippen LogP contribution is 2.23. The number of hydrogen-bond acceptors (Lipinski definition) is 3. The van der Waals surface area contributed by atoms with Crippen LogP contribution < -0.4 is 0 Å². The quantitative estimate of drug-likeness (QED) is 0.852. The molecule has 17 heavy (non-hydrogen) atoms. The first-order chi connectivity index (χ1) is 8.22. The van der Waals surface area contributed by atoms with Crippen molar-refractivity contribution in [2.45, 2.75) is 25.4 Å². The van der Waals surface area contributed by atoms with E-state index in [9.17, 15) is 9.90 Å². The van der Waals surface area contributed by atoms with Gasteiger partial charge in [0.15, 0.2) is 0 Å². The highest BCUT2D eigenvalue weighted by molar-refractivity contribution is 5.74. The number of hydrogen-bond donors (Lipinski definition) is 1. The lowest BCUT2D eigenvalue weighted by Gasteiger charge is -2.33. The number of fused-ring (bicyclic) bond motifs is 1. The van der Waals surface area contributed by atoms with Crippen LogP contribution in [0.5, 0.6) is 0 Å². The van der Waals surface area contributed by atoms with E-state index >= 15 is 0 Å². The maximum absolute atomic E-state index is 11.2. The predicted octanol–water partition coefficient (Wildman–Crippen LogP) is 1.41. The summed E-state index contributed by atoms with van der Waals surface area (Å²) in [4.78, 5) is 13.1. The number of nitrogens with zero attached hydrogens (tertiary/aromatic N) is 2. The third kappa shape index (κ3) is 2.45. The molecule has 2 rings (SSSR count). The molecule has 0 bridgehead atoms. The zero-order valence-corrected chi connectivity index (χ0v) is 9.47. The van der Waals surface area contributed by atoms with Gasteiger partial charge in [0.2, 0.25) is 0 Å². The van der Waals surface area contributed by atoms with Gasteiger partial charge in [-0.25, -0.2) is 0 Å². The van der Waals surface area contributed by atoms with Crippen LogP contribution in [-0.2, 0) is 17.8 Å². The normalized spacial score (nSPS) is 19.4. The zero-order valence-electron chi connectivity index (χ0n) is 9.47. The van der Waals surface area contributed by atoms with E-state index in [0.717, 1.165) is 5.56 Å². The Morgan fingerprint density at radius 2 is 2.18 bits per heavy atom. The first kappa shape index (κ1) is 11.6. The molecule has 0 saturated heterocycles. The SMILES string of the molecule is N#CCCN1Cc2ccccc2C[C@H]1C(=O)O. The fourth-order valence-electron chi connectivity index (χ4n) is 2.25. The Kier molecular flexibility index (Phi) is 3.40. The average molecular weight is 230 g/mol. The molecule has 1 N–H and O–H groups in total. The van der Waals surface area contributed by atoms with Crippen LogP contribution in [0.15, 0.2) is 24.3 Å². The van der Waals surface area contributed by atoms with Crippen LogP contribution >= 0.6 is 0 Å². The Morgan fingerprint density at radius 1 is 1.47 bits per heavy atom. The molecule has 4 nitrogen and oxygen atoms in total. The summed E-state index contributed by atoms with van der Waals surface area (Å²) in [6.07, 6.45) is 0.892. The van der Waals surface area contributed by atoms with Gasteiger partial charge in [-0.1, -0.05) is 24.3 Å². The van der Waals surface area contributed by atoms with Crippen LogP contribution in [0.3, 0.4) is 0 Å². The summed E-state index contributed by atoms with van der Waals surface area (Å²) in [7, 11) is 0. The summed E-state index contributed by atoms with van der Waals surface area (Å²) in [5.74, 6) is -0.808. The molecule has 0 fully saturated rings. The number of rotatable bonds is 3. The molecule has 4 heteroatoms. The van der Waals surface area contributed by atoms with Crippen molar-refractivity contribution in [3.63, 3.8) is 0 Å². The van der Waals surface area contributed by atoms with E-state index < -0.39 is 12.0 Å². The number of aliphatic carboxylic acids is 1. The second kappa shape index (κ2) is 4.98. The van der Waals surface area contributed by atoms with E-state index in [1.807, 2.05) is 29.2 Å². The molecule has 1 aromatic rings. The summed E-state index contributed by atoms with van der Waals surface area (Å²) in [5, 5.41) is 17.8. The van der Waals surface area contributed by atoms with E-state index in [2.05, 4.69) is 6.07 Å². The lowest BCUT2D eigenvalue weighted by Crippen LogP contribution is -2.45. The Balaban J connectivity index is 2.22. The first-order valence-electron chi connectivity index (χ1n) is 5.63. The van der Waals surface area contributed by atoms with Crippen molar-refractivity contribution >= 4 is 5.97 Å². The summed E-state index contributed by atoms with van der Waals surface area (Å²) in [6.45, 7) is 1.14. The van der Waals surface area contributed by atoms with Crippen molar-refractivity contribution in [2.24, 2.45) is 0 Å². The summed E-state index contributed by atoms with van der Waals surface area (Å²) >= 11 is 0. The molecule has 0 spiro atoms.